The van der Waals surface area contributed by atoms with Crippen LogP contribution >= 0.6 is 27.3 Å². The second-order valence-corrected chi connectivity index (χ2v) is 9.28. The number of urea groups is 1. The summed E-state index contributed by atoms with van der Waals surface area (Å²) in [6, 6.07) is 6.37. The summed E-state index contributed by atoms with van der Waals surface area (Å²) in [6.07, 6.45) is 0. The van der Waals surface area contributed by atoms with Crippen molar-refractivity contribution in [1.29, 1.82) is 0 Å². The Morgan fingerprint density at radius 3 is 2.60 bits per heavy atom. The molecule has 1 N–H and O–H groups in total. The molecule has 10 heteroatoms. The Morgan fingerprint density at radius 1 is 1.28 bits per heavy atom. The van der Waals surface area contributed by atoms with E-state index in [-0.39, 0.29) is 24.0 Å². The lowest BCUT2D eigenvalue weighted by Gasteiger charge is -2.33. The number of hydrogen-bond donors (Lipinski definition) is 1. The molecule has 0 aliphatic carbocycles. The van der Waals surface area contributed by atoms with E-state index < -0.39 is 10.0 Å². The van der Waals surface area contributed by atoms with Crippen LogP contribution < -0.4 is 5.32 Å². The van der Waals surface area contributed by atoms with E-state index in [0.29, 0.717) is 22.7 Å². The maximum Gasteiger partial charge on any atom is 0.323 e. The molecule has 2 aromatic rings. The molecule has 25 heavy (non-hydrogen) atoms. The maximum absolute atomic E-state index is 12.7. The quantitative estimate of drug-likeness (QED) is 0.788. The molecule has 7 nitrogen and oxygen atoms in total. The lowest BCUT2D eigenvalue weighted by molar-refractivity contribution is 0.184. The molecule has 3 rings (SSSR count). The number of benzene rings is 1. The summed E-state index contributed by atoms with van der Waals surface area (Å²) in [7, 11) is -3.55. The zero-order valence-electron chi connectivity index (χ0n) is 13.5. The summed E-state index contributed by atoms with van der Waals surface area (Å²) < 4.78 is 27.5. The number of rotatable bonds is 3. The van der Waals surface area contributed by atoms with Crippen LogP contribution in [-0.4, -0.2) is 54.8 Å². The summed E-state index contributed by atoms with van der Waals surface area (Å²) in [4.78, 5) is 18.3. The van der Waals surface area contributed by atoms with E-state index in [0.717, 1.165) is 5.69 Å². The van der Waals surface area contributed by atoms with Crippen molar-refractivity contribution in [3.8, 4) is 0 Å². The highest BCUT2D eigenvalue weighted by Gasteiger charge is 2.30. The summed E-state index contributed by atoms with van der Waals surface area (Å²) in [5.74, 6) is 0. The lowest BCUT2D eigenvalue weighted by atomic mass is 10.4. The normalized spacial score (nSPS) is 16.0. The number of nitrogens with one attached hydrogen (secondary N) is 1. The van der Waals surface area contributed by atoms with Crippen LogP contribution in [-0.2, 0) is 10.0 Å². The van der Waals surface area contributed by atoms with Crippen LogP contribution in [0.1, 0.15) is 5.69 Å². The topological polar surface area (TPSA) is 82.6 Å². The molecule has 0 bridgehead atoms. The number of hydrogen-bond acceptors (Lipinski definition) is 5. The van der Waals surface area contributed by atoms with Crippen LogP contribution in [0.2, 0.25) is 0 Å². The summed E-state index contributed by atoms with van der Waals surface area (Å²) in [5, 5.41) is 5.15. The molecule has 1 aromatic heterocycles. The van der Waals surface area contributed by atoms with Gasteiger partial charge in [-0.1, -0.05) is 22.0 Å². The lowest BCUT2D eigenvalue weighted by Crippen LogP contribution is -2.51. The van der Waals surface area contributed by atoms with E-state index in [1.807, 2.05) is 12.3 Å². The Labute approximate surface area is 158 Å². The van der Waals surface area contributed by atoms with Gasteiger partial charge in [-0.2, -0.15) is 4.31 Å². The fraction of sp³-hybridized carbons (Fsp3) is 0.333. The van der Waals surface area contributed by atoms with Gasteiger partial charge in [0.25, 0.3) is 0 Å². The number of sulfonamides is 1. The van der Waals surface area contributed by atoms with Crippen LogP contribution in [0.25, 0.3) is 0 Å². The Kier molecular flexibility index (Phi) is 5.42. The van der Waals surface area contributed by atoms with Gasteiger partial charge in [0.05, 0.1) is 10.6 Å². The van der Waals surface area contributed by atoms with Gasteiger partial charge in [-0.3, -0.25) is 5.32 Å². The minimum atomic E-state index is -3.55. The zero-order valence-corrected chi connectivity index (χ0v) is 16.7. The number of anilines is 1. The predicted octanol–water partition coefficient (Wildman–Crippen LogP) is 2.75. The van der Waals surface area contributed by atoms with Crippen molar-refractivity contribution in [2.45, 2.75) is 11.8 Å². The number of aromatic nitrogens is 1. The molecule has 0 saturated carbocycles. The number of piperazine rings is 1. The second-order valence-electron chi connectivity index (χ2n) is 5.57. The SMILES string of the molecule is Cc1csc(NC(=O)N2CCN(S(=O)(=O)c3cccc(Br)c3)CC2)n1. The van der Waals surface area contributed by atoms with E-state index in [1.165, 1.54) is 15.6 Å². The van der Waals surface area contributed by atoms with Crippen molar-refractivity contribution in [1.82, 2.24) is 14.2 Å². The van der Waals surface area contributed by atoms with E-state index in [9.17, 15) is 13.2 Å². The smallest absolute Gasteiger partial charge is 0.322 e. The number of nitrogens with zero attached hydrogens (tertiary/aromatic N) is 3. The molecule has 1 aliphatic rings. The van der Waals surface area contributed by atoms with Crippen molar-refractivity contribution < 1.29 is 13.2 Å². The van der Waals surface area contributed by atoms with Crippen molar-refractivity contribution in [3.63, 3.8) is 0 Å². The highest BCUT2D eigenvalue weighted by Crippen LogP contribution is 2.21. The number of aryl methyl sites for hydroxylation is 1. The van der Waals surface area contributed by atoms with Gasteiger partial charge in [0.15, 0.2) is 5.13 Å². The first-order chi connectivity index (χ1) is 11.9. The number of thiazole rings is 1. The van der Waals surface area contributed by atoms with Crippen molar-refractivity contribution in [2.24, 2.45) is 0 Å². The van der Waals surface area contributed by atoms with Gasteiger partial charge in [-0.25, -0.2) is 18.2 Å². The molecular weight excluding hydrogens is 428 g/mol. The van der Waals surface area contributed by atoms with Crippen molar-refractivity contribution >= 4 is 48.5 Å². The molecule has 0 spiro atoms. The summed E-state index contributed by atoms with van der Waals surface area (Å²) in [5.41, 5.74) is 0.852. The number of carbonyl (C=O) groups excluding carboxylic acids is 1. The highest BCUT2D eigenvalue weighted by molar-refractivity contribution is 9.10. The van der Waals surface area contributed by atoms with E-state index in [2.05, 4.69) is 26.2 Å². The molecule has 1 aliphatic heterocycles. The third-order valence-corrected chi connectivity index (χ3v) is 7.06. The fourth-order valence-electron chi connectivity index (χ4n) is 2.49. The van der Waals surface area contributed by atoms with Gasteiger partial charge < -0.3 is 4.90 Å². The average molecular weight is 445 g/mol. The Hall–Kier alpha value is -1.49. The first kappa shape index (κ1) is 18.3. The van der Waals surface area contributed by atoms with Gasteiger partial charge in [-0.15, -0.1) is 11.3 Å². The maximum atomic E-state index is 12.7. The standard InChI is InChI=1S/C15H17BrN4O3S2/c1-11-10-24-14(17-11)18-15(21)19-5-7-20(8-6-19)25(22,23)13-4-2-3-12(16)9-13/h2-4,9-10H,5-8H2,1H3,(H,17,18,21). The fourth-order valence-corrected chi connectivity index (χ4v) is 5.19. The van der Waals surface area contributed by atoms with Gasteiger partial charge in [0.1, 0.15) is 0 Å². The molecule has 2 amide bonds. The first-order valence-electron chi connectivity index (χ1n) is 7.60. The van der Waals surface area contributed by atoms with Crippen LogP contribution in [0, 0.1) is 6.92 Å². The van der Waals surface area contributed by atoms with Crippen LogP contribution in [0.4, 0.5) is 9.93 Å². The Balaban J connectivity index is 1.62. The van der Waals surface area contributed by atoms with Gasteiger partial charge in [0, 0.05) is 36.0 Å². The monoisotopic (exact) mass is 444 g/mol. The largest absolute Gasteiger partial charge is 0.323 e. The van der Waals surface area contributed by atoms with E-state index in [1.54, 1.807) is 29.2 Å². The third-order valence-electron chi connectivity index (χ3n) is 3.79. The first-order valence-corrected chi connectivity index (χ1v) is 10.7. The second kappa shape index (κ2) is 7.40. The molecule has 0 radical (unpaired) electrons. The highest BCUT2D eigenvalue weighted by atomic mass is 79.9. The van der Waals surface area contributed by atoms with E-state index >= 15 is 0 Å². The average Bonchev–Trinajstić information content (AvgIpc) is 3.00. The molecule has 2 heterocycles. The van der Waals surface area contributed by atoms with Crippen LogP contribution in [0.5, 0.6) is 0 Å². The summed E-state index contributed by atoms with van der Waals surface area (Å²) >= 11 is 4.66. The van der Waals surface area contributed by atoms with Gasteiger partial charge in [-0.05, 0) is 25.1 Å². The number of amides is 2. The summed E-state index contributed by atoms with van der Waals surface area (Å²) in [6.45, 7) is 3.06. The number of halogens is 1. The minimum absolute atomic E-state index is 0.248. The zero-order chi connectivity index (χ0) is 18.0. The Bertz CT molecular complexity index is 876. The predicted molar refractivity (Wildman–Crippen MR) is 100 cm³/mol. The van der Waals surface area contributed by atoms with Crippen molar-refractivity contribution in [2.75, 3.05) is 31.5 Å². The minimum Gasteiger partial charge on any atom is -0.322 e. The Morgan fingerprint density at radius 2 is 2.00 bits per heavy atom. The molecule has 0 unspecified atom stereocenters. The molecule has 1 fully saturated rings. The van der Waals surface area contributed by atoms with Crippen molar-refractivity contribution in [3.05, 3.63) is 39.8 Å². The molecule has 1 aromatic carbocycles. The van der Waals surface area contributed by atoms with Gasteiger partial charge in [0.2, 0.25) is 10.0 Å². The van der Waals surface area contributed by atoms with Crippen LogP contribution in [0.3, 0.4) is 0 Å². The molecular formula is C15H17BrN4O3S2. The number of carbonyl (C=O) groups is 1. The van der Waals surface area contributed by atoms with Gasteiger partial charge >= 0.3 is 6.03 Å². The van der Waals surface area contributed by atoms with E-state index in [4.69, 9.17) is 0 Å². The molecule has 134 valence electrons. The van der Waals surface area contributed by atoms with Crippen LogP contribution in [0.15, 0.2) is 39.0 Å². The molecule has 1 saturated heterocycles. The third kappa shape index (κ3) is 4.20. The molecule has 0 atom stereocenters.